The maximum absolute atomic E-state index is 13.1. The summed E-state index contributed by atoms with van der Waals surface area (Å²) in [5.41, 5.74) is 7.98. The van der Waals surface area contributed by atoms with Gasteiger partial charge in [-0.2, -0.15) is 13.5 Å². The van der Waals surface area contributed by atoms with Gasteiger partial charge in [-0.05, 0) is 25.1 Å². The molecule has 10 heteroatoms. The van der Waals surface area contributed by atoms with Crippen molar-refractivity contribution in [3.8, 4) is 0 Å². The molecule has 2 amide bonds. The first-order valence-corrected chi connectivity index (χ1v) is 9.05. The van der Waals surface area contributed by atoms with Crippen LogP contribution in [0.1, 0.15) is 28.5 Å². The van der Waals surface area contributed by atoms with Gasteiger partial charge in [0, 0.05) is 26.2 Å². The van der Waals surface area contributed by atoms with Crippen LogP contribution in [0.3, 0.4) is 0 Å². The number of hydrogen-bond donors (Lipinski definition) is 1. The second kappa shape index (κ2) is 7.88. The molecule has 154 valence electrons. The van der Waals surface area contributed by atoms with E-state index in [1.807, 2.05) is 25.9 Å². The molecule has 0 unspecified atom stereocenters. The Morgan fingerprint density at radius 2 is 1.97 bits per heavy atom. The summed E-state index contributed by atoms with van der Waals surface area (Å²) in [5, 5.41) is 0. The molecule has 2 aromatic heterocycles. The first-order valence-electron chi connectivity index (χ1n) is 9.05. The highest BCUT2D eigenvalue weighted by Crippen LogP contribution is 2.32. The minimum atomic E-state index is -0.432. The number of nitrogens with two attached hydrogens (primary N) is 1. The van der Waals surface area contributed by atoms with Crippen LogP contribution in [0.15, 0.2) is 24.3 Å². The summed E-state index contributed by atoms with van der Waals surface area (Å²) in [6.07, 6.45) is -0.432. The lowest BCUT2D eigenvalue weighted by Gasteiger charge is -2.20. The maximum Gasteiger partial charge on any atom is 0.415 e. The van der Waals surface area contributed by atoms with Crippen molar-refractivity contribution in [3.63, 3.8) is 0 Å². The Bertz CT molecular complexity index is 967. The van der Waals surface area contributed by atoms with Crippen molar-refractivity contribution < 1.29 is 14.3 Å². The van der Waals surface area contributed by atoms with Crippen molar-refractivity contribution in [2.75, 3.05) is 35.4 Å². The highest BCUT2D eigenvalue weighted by molar-refractivity contribution is 7.59. The van der Waals surface area contributed by atoms with Crippen LogP contribution in [0, 0.1) is 0 Å². The van der Waals surface area contributed by atoms with Crippen molar-refractivity contribution in [3.05, 3.63) is 41.1 Å². The number of pyridine rings is 2. The third kappa shape index (κ3) is 3.49. The van der Waals surface area contributed by atoms with Crippen molar-refractivity contribution >= 4 is 42.9 Å². The molecule has 2 aromatic rings. The van der Waals surface area contributed by atoms with Crippen LogP contribution in [0.5, 0.6) is 0 Å². The van der Waals surface area contributed by atoms with E-state index >= 15 is 0 Å². The zero-order chi connectivity index (χ0) is 20.0. The Labute approximate surface area is 175 Å². The van der Waals surface area contributed by atoms with E-state index in [9.17, 15) is 9.59 Å². The first kappa shape index (κ1) is 20.9. The fraction of sp³-hybridized carbons (Fsp3) is 0.368. The minimum absolute atomic E-state index is 0. The molecule has 1 atom stereocenters. The van der Waals surface area contributed by atoms with Gasteiger partial charge in [0.1, 0.15) is 24.1 Å². The number of fused-ring (bicyclic) bond motifs is 1. The van der Waals surface area contributed by atoms with E-state index in [-0.39, 0.29) is 32.0 Å². The molecule has 0 aliphatic carbocycles. The number of amides is 2. The van der Waals surface area contributed by atoms with Crippen LogP contribution in [-0.4, -0.2) is 48.7 Å². The monoisotopic (exact) mass is 416 g/mol. The summed E-state index contributed by atoms with van der Waals surface area (Å²) in [6.45, 7) is 2.79. The molecule has 0 spiro atoms. The van der Waals surface area contributed by atoms with Gasteiger partial charge in [0.25, 0.3) is 5.91 Å². The zero-order valence-electron chi connectivity index (χ0n) is 16.5. The number of carbonyl (C=O) groups excluding carboxylic acids is 2. The lowest BCUT2D eigenvalue weighted by Crippen LogP contribution is -2.32. The standard InChI is InChI=1S/C19H22N6O3.H2S/c1-11-10-28-19(27)25(11)16-6-4-5-15(22-16)24-9-13-12(18(24)26)7-17(23(2)3)21-14(13)8-20;/h4-7,11H,8-10,20H2,1-3H3;1H2/t11-;/m0./s1. The number of ether oxygens (including phenoxy) is 1. The van der Waals surface area contributed by atoms with Gasteiger partial charge in [0.15, 0.2) is 0 Å². The van der Waals surface area contributed by atoms with E-state index in [0.29, 0.717) is 41.9 Å². The molecule has 4 heterocycles. The van der Waals surface area contributed by atoms with Crippen LogP contribution in [0.25, 0.3) is 0 Å². The number of rotatable bonds is 4. The Balaban J connectivity index is 0.00000240. The van der Waals surface area contributed by atoms with E-state index in [4.69, 9.17) is 10.5 Å². The van der Waals surface area contributed by atoms with Crippen molar-refractivity contribution in [2.45, 2.75) is 26.1 Å². The molecule has 1 fully saturated rings. The number of nitrogens with zero attached hydrogens (tertiary/aromatic N) is 5. The lowest BCUT2D eigenvalue weighted by atomic mass is 10.1. The molecule has 0 bridgehead atoms. The molecule has 0 aromatic carbocycles. The summed E-state index contributed by atoms with van der Waals surface area (Å²) in [7, 11) is 3.74. The molecule has 0 radical (unpaired) electrons. The normalized spacial score (nSPS) is 17.9. The van der Waals surface area contributed by atoms with Gasteiger partial charge in [0.05, 0.1) is 23.8 Å². The fourth-order valence-electron chi connectivity index (χ4n) is 3.47. The molecule has 2 aliphatic rings. The van der Waals surface area contributed by atoms with Crippen molar-refractivity contribution in [1.82, 2.24) is 9.97 Å². The second-order valence-corrected chi connectivity index (χ2v) is 7.09. The maximum atomic E-state index is 13.1. The fourth-order valence-corrected chi connectivity index (χ4v) is 3.47. The second-order valence-electron chi connectivity index (χ2n) is 7.09. The van der Waals surface area contributed by atoms with Gasteiger partial charge in [-0.15, -0.1) is 0 Å². The topological polar surface area (TPSA) is 105 Å². The Morgan fingerprint density at radius 3 is 2.59 bits per heavy atom. The van der Waals surface area contributed by atoms with Crippen LogP contribution >= 0.6 is 13.5 Å². The molecular formula is C19H24N6O3S. The van der Waals surface area contributed by atoms with Gasteiger partial charge < -0.3 is 15.4 Å². The summed E-state index contributed by atoms with van der Waals surface area (Å²) in [4.78, 5) is 39.1. The molecule has 9 nitrogen and oxygen atoms in total. The van der Waals surface area contributed by atoms with Crippen LogP contribution in [0.2, 0.25) is 0 Å². The van der Waals surface area contributed by atoms with Crippen molar-refractivity contribution in [2.24, 2.45) is 5.73 Å². The van der Waals surface area contributed by atoms with Crippen LogP contribution in [-0.2, 0) is 17.8 Å². The summed E-state index contributed by atoms with van der Waals surface area (Å²) in [6, 6.07) is 6.93. The SMILES string of the molecule is C[C@H]1COC(=O)N1c1cccc(N2Cc3c(cc(N(C)C)nc3CN)C2=O)n1.S. The van der Waals surface area contributed by atoms with Crippen LogP contribution in [0.4, 0.5) is 22.2 Å². The van der Waals surface area contributed by atoms with E-state index in [0.717, 1.165) is 5.56 Å². The molecular weight excluding hydrogens is 392 g/mol. The molecule has 2 aliphatic heterocycles. The number of aromatic nitrogens is 2. The summed E-state index contributed by atoms with van der Waals surface area (Å²) >= 11 is 0. The number of hydrogen-bond acceptors (Lipinski definition) is 7. The van der Waals surface area contributed by atoms with E-state index in [2.05, 4.69) is 9.97 Å². The predicted octanol–water partition coefficient (Wildman–Crippen LogP) is 1.62. The first-order chi connectivity index (χ1) is 13.4. The highest BCUT2D eigenvalue weighted by atomic mass is 32.1. The molecule has 4 rings (SSSR count). The Kier molecular flexibility index (Phi) is 5.67. The van der Waals surface area contributed by atoms with Gasteiger partial charge in [-0.25, -0.2) is 14.8 Å². The number of cyclic esters (lactones) is 1. The number of carbonyl (C=O) groups is 2. The van der Waals surface area contributed by atoms with Gasteiger partial charge in [0.2, 0.25) is 0 Å². The Morgan fingerprint density at radius 1 is 1.24 bits per heavy atom. The number of anilines is 3. The lowest BCUT2D eigenvalue weighted by molar-refractivity contribution is 0.0996. The van der Waals surface area contributed by atoms with Crippen LogP contribution < -0.4 is 20.4 Å². The smallest absolute Gasteiger partial charge is 0.415 e. The third-order valence-electron chi connectivity index (χ3n) is 4.97. The molecule has 29 heavy (non-hydrogen) atoms. The van der Waals surface area contributed by atoms with Gasteiger partial charge in [-0.1, -0.05) is 6.07 Å². The zero-order valence-corrected chi connectivity index (χ0v) is 17.5. The molecule has 2 N–H and O–H groups in total. The minimum Gasteiger partial charge on any atom is -0.447 e. The van der Waals surface area contributed by atoms with E-state index < -0.39 is 6.09 Å². The van der Waals surface area contributed by atoms with E-state index in [1.165, 1.54) is 4.90 Å². The third-order valence-corrected chi connectivity index (χ3v) is 4.97. The Hall–Kier alpha value is -2.85. The average Bonchev–Trinajstić information content (AvgIpc) is 3.20. The molecule has 1 saturated heterocycles. The largest absolute Gasteiger partial charge is 0.447 e. The average molecular weight is 417 g/mol. The molecule has 0 saturated carbocycles. The quantitative estimate of drug-likeness (QED) is 0.807. The van der Waals surface area contributed by atoms with Crippen molar-refractivity contribution in [1.29, 1.82) is 0 Å². The van der Waals surface area contributed by atoms with E-state index in [1.54, 1.807) is 29.2 Å². The summed E-state index contributed by atoms with van der Waals surface area (Å²) in [5.74, 6) is 1.46. The van der Waals surface area contributed by atoms with Gasteiger partial charge >= 0.3 is 6.09 Å². The predicted molar refractivity (Wildman–Crippen MR) is 115 cm³/mol. The highest BCUT2D eigenvalue weighted by Gasteiger charge is 2.35. The van der Waals surface area contributed by atoms with Gasteiger partial charge in [-0.3, -0.25) is 14.6 Å². The summed E-state index contributed by atoms with van der Waals surface area (Å²) < 4.78 is 5.07.